The average Bonchev–Trinajstić information content (AvgIpc) is 3.11. The lowest BCUT2D eigenvalue weighted by Gasteiger charge is -2.20. The SMILES string of the molecule is COCCO[C@@H]1C[C@@H](CO)O[C@H]1n1cnc2c(=O)[nH]c(N)nc21. The number of nitrogens with zero attached hydrogens (tertiary/aromatic N) is 3. The highest BCUT2D eigenvalue weighted by Gasteiger charge is 2.38. The van der Waals surface area contributed by atoms with E-state index in [1.807, 2.05) is 0 Å². The summed E-state index contributed by atoms with van der Waals surface area (Å²) in [6, 6.07) is 0. The first-order chi connectivity index (χ1) is 11.1. The minimum atomic E-state index is -0.553. The van der Waals surface area contributed by atoms with Crippen molar-refractivity contribution >= 4 is 17.1 Å². The monoisotopic (exact) mass is 325 g/mol. The van der Waals surface area contributed by atoms with Crippen molar-refractivity contribution in [1.29, 1.82) is 0 Å². The number of methoxy groups -OCH3 is 1. The maximum absolute atomic E-state index is 11.9. The summed E-state index contributed by atoms with van der Waals surface area (Å²) in [5, 5.41) is 9.35. The fourth-order valence-electron chi connectivity index (χ4n) is 2.64. The van der Waals surface area contributed by atoms with Gasteiger partial charge in [0.15, 0.2) is 17.4 Å². The van der Waals surface area contributed by atoms with E-state index in [4.69, 9.17) is 19.9 Å². The number of aromatic amines is 1. The number of nitrogen functional groups attached to an aromatic ring is 1. The second-order valence-electron chi connectivity index (χ2n) is 5.24. The van der Waals surface area contributed by atoms with Crippen LogP contribution >= 0.6 is 0 Å². The smallest absolute Gasteiger partial charge is 0.280 e. The van der Waals surface area contributed by atoms with Crippen LogP contribution in [-0.4, -0.2) is 63.8 Å². The van der Waals surface area contributed by atoms with Gasteiger partial charge in [-0.25, -0.2) is 4.98 Å². The van der Waals surface area contributed by atoms with Gasteiger partial charge in [0.2, 0.25) is 5.95 Å². The van der Waals surface area contributed by atoms with Gasteiger partial charge in [0.05, 0.1) is 32.3 Å². The lowest BCUT2D eigenvalue weighted by Crippen LogP contribution is -2.24. The molecule has 0 aliphatic carbocycles. The van der Waals surface area contributed by atoms with Crippen LogP contribution in [0.15, 0.2) is 11.1 Å². The summed E-state index contributed by atoms with van der Waals surface area (Å²) in [6.07, 6.45) is 0.751. The fourth-order valence-corrected chi connectivity index (χ4v) is 2.64. The van der Waals surface area contributed by atoms with Crippen molar-refractivity contribution < 1.29 is 19.3 Å². The molecule has 1 aliphatic heterocycles. The van der Waals surface area contributed by atoms with E-state index < -0.39 is 11.8 Å². The number of aliphatic hydroxyl groups excluding tert-OH is 1. The molecule has 3 rings (SSSR count). The number of hydrogen-bond donors (Lipinski definition) is 3. The molecule has 2 aromatic rings. The normalized spacial score (nSPS) is 24.5. The second kappa shape index (κ2) is 6.62. The minimum Gasteiger partial charge on any atom is -0.394 e. The van der Waals surface area contributed by atoms with Crippen LogP contribution < -0.4 is 11.3 Å². The topological polar surface area (TPSA) is 138 Å². The number of imidazole rings is 1. The molecule has 0 radical (unpaired) electrons. The van der Waals surface area contributed by atoms with E-state index >= 15 is 0 Å². The molecular formula is C13H19N5O5. The number of aliphatic hydroxyl groups is 1. The standard InChI is InChI=1S/C13H19N5O5/c1-21-2-3-22-8-4-7(5-19)23-12(8)18-6-15-9-10(18)16-13(14)17-11(9)20/h6-8,12,19H,2-5H2,1H3,(H3,14,16,17,20)/t7-,8+,12+/m0/s1. The number of ether oxygens (including phenoxy) is 3. The van der Waals surface area contributed by atoms with Gasteiger partial charge in [0.25, 0.3) is 5.56 Å². The van der Waals surface area contributed by atoms with Crippen LogP contribution in [0.1, 0.15) is 12.6 Å². The number of hydrogen-bond acceptors (Lipinski definition) is 8. The maximum Gasteiger partial charge on any atom is 0.280 e. The number of nitrogens with one attached hydrogen (secondary N) is 1. The van der Waals surface area contributed by atoms with Gasteiger partial charge < -0.3 is 25.1 Å². The number of anilines is 1. The van der Waals surface area contributed by atoms with Crippen LogP contribution in [0, 0.1) is 0 Å². The van der Waals surface area contributed by atoms with Gasteiger partial charge in [-0.05, 0) is 0 Å². The summed E-state index contributed by atoms with van der Waals surface area (Å²) in [5.41, 5.74) is 5.67. The van der Waals surface area contributed by atoms with Gasteiger partial charge in [-0.2, -0.15) is 4.98 Å². The van der Waals surface area contributed by atoms with Gasteiger partial charge in [-0.3, -0.25) is 14.3 Å². The fraction of sp³-hybridized carbons (Fsp3) is 0.615. The third kappa shape index (κ3) is 3.06. The molecule has 1 saturated heterocycles. The molecule has 10 heteroatoms. The number of aromatic nitrogens is 4. The summed E-state index contributed by atoms with van der Waals surface area (Å²) in [4.78, 5) is 22.4. The van der Waals surface area contributed by atoms with E-state index in [0.29, 0.717) is 25.3 Å². The Morgan fingerprint density at radius 3 is 3.13 bits per heavy atom. The molecule has 23 heavy (non-hydrogen) atoms. The third-order valence-corrected chi connectivity index (χ3v) is 3.69. The second-order valence-corrected chi connectivity index (χ2v) is 5.24. The molecule has 1 aliphatic rings. The summed E-state index contributed by atoms with van der Waals surface area (Å²) in [5.74, 6) is -0.00203. The van der Waals surface area contributed by atoms with E-state index in [1.165, 1.54) is 6.33 Å². The predicted octanol–water partition coefficient (Wildman–Crippen LogP) is -0.987. The van der Waals surface area contributed by atoms with E-state index in [2.05, 4.69) is 15.0 Å². The zero-order chi connectivity index (χ0) is 16.4. The summed E-state index contributed by atoms with van der Waals surface area (Å²) in [6.45, 7) is 0.716. The molecule has 0 bridgehead atoms. The molecule has 3 heterocycles. The highest BCUT2D eigenvalue weighted by atomic mass is 16.6. The Morgan fingerprint density at radius 2 is 2.39 bits per heavy atom. The zero-order valence-electron chi connectivity index (χ0n) is 12.6. The van der Waals surface area contributed by atoms with Crippen molar-refractivity contribution in [3.05, 3.63) is 16.7 Å². The van der Waals surface area contributed by atoms with Crippen LogP contribution in [0.5, 0.6) is 0 Å². The zero-order valence-corrected chi connectivity index (χ0v) is 12.6. The Hall–Kier alpha value is -2.01. The number of fused-ring (bicyclic) bond motifs is 1. The highest BCUT2D eigenvalue weighted by molar-refractivity contribution is 5.70. The molecule has 10 nitrogen and oxygen atoms in total. The molecule has 0 aromatic carbocycles. The Morgan fingerprint density at radius 1 is 1.57 bits per heavy atom. The molecule has 0 spiro atoms. The van der Waals surface area contributed by atoms with Crippen LogP contribution in [0.2, 0.25) is 0 Å². The molecule has 0 unspecified atom stereocenters. The molecule has 0 saturated carbocycles. The number of rotatable bonds is 6. The predicted molar refractivity (Wildman–Crippen MR) is 79.8 cm³/mol. The maximum atomic E-state index is 11.9. The van der Waals surface area contributed by atoms with Crippen LogP contribution in [0.25, 0.3) is 11.2 Å². The van der Waals surface area contributed by atoms with Crippen LogP contribution in [0.4, 0.5) is 5.95 Å². The molecular weight excluding hydrogens is 306 g/mol. The molecule has 0 amide bonds. The summed E-state index contributed by atoms with van der Waals surface area (Å²) < 4.78 is 18.1. The molecule has 3 atom stereocenters. The first-order valence-electron chi connectivity index (χ1n) is 7.23. The van der Waals surface area contributed by atoms with Gasteiger partial charge >= 0.3 is 0 Å². The molecule has 126 valence electrons. The van der Waals surface area contributed by atoms with Crippen molar-refractivity contribution in [2.75, 3.05) is 32.7 Å². The van der Waals surface area contributed by atoms with Crippen molar-refractivity contribution in [2.45, 2.75) is 24.9 Å². The molecule has 2 aromatic heterocycles. The number of H-pyrrole nitrogens is 1. The average molecular weight is 325 g/mol. The Bertz CT molecular complexity index is 729. The molecule has 4 N–H and O–H groups in total. The molecule has 1 fully saturated rings. The van der Waals surface area contributed by atoms with Gasteiger partial charge in [-0.15, -0.1) is 0 Å². The van der Waals surface area contributed by atoms with E-state index in [1.54, 1.807) is 11.7 Å². The quantitative estimate of drug-likeness (QED) is 0.576. The Kier molecular flexibility index (Phi) is 4.57. The lowest BCUT2D eigenvalue weighted by atomic mass is 10.2. The van der Waals surface area contributed by atoms with E-state index in [0.717, 1.165) is 0 Å². The first-order valence-corrected chi connectivity index (χ1v) is 7.23. The largest absolute Gasteiger partial charge is 0.394 e. The van der Waals surface area contributed by atoms with Crippen molar-refractivity contribution in [1.82, 2.24) is 19.5 Å². The lowest BCUT2D eigenvalue weighted by molar-refractivity contribution is -0.0749. The highest BCUT2D eigenvalue weighted by Crippen LogP contribution is 2.32. The van der Waals surface area contributed by atoms with Gasteiger partial charge in [-0.1, -0.05) is 0 Å². The van der Waals surface area contributed by atoms with E-state index in [9.17, 15) is 9.90 Å². The van der Waals surface area contributed by atoms with Crippen molar-refractivity contribution in [3.8, 4) is 0 Å². The summed E-state index contributed by atoms with van der Waals surface area (Å²) in [7, 11) is 1.59. The number of nitrogens with two attached hydrogens (primary N) is 1. The van der Waals surface area contributed by atoms with Crippen molar-refractivity contribution in [3.63, 3.8) is 0 Å². The van der Waals surface area contributed by atoms with Gasteiger partial charge in [0.1, 0.15) is 6.10 Å². The van der Waals surface area contributed by atoms with Crippen LogP contribution in [-0.2, 0) is 14.2 Å². The van der Waals surface area contributed by atoms with Crippen LogP contribution in [0.3, 0.4) is 0 Å². The van der Waals surface area contributed by atoms with E-state index in [-0.39, 0.29) is 30.3 Å². The Labute approximate surface area is 131 Å². The Balaban J connectivity index is 1.93. The van der Waals surface area contributed by atoms with Crippen molar-refractivity contribution in [2.24, 2.45) is 0 Å². The van der Waals surface area contributed by atoms with Gasteiger partial charge in [0, 0.05) is 13.5 Å². The minimum absolute atomic E-state index is 0.00203. The third-order valence-electron chi connectivity index (χ3n) is 3.69. The first kappa shape index (κ1) is 15.9. The summed E-state index contributed by atoms with van der Waals surface area (Å²) >= 11 is 0.